The van der Waals surface area contributed by atoms with Crippen LogP contribution in [0.1, 0.15) is 38.7 Å². The normalized spacial score (nSPS) is 13.2. The van der Waals surface area contributed by atoms with Crippen molar-refractivity contribution in [3.8, 4) is 23.0 Å². The van der Waals surface area contributed by atoms with Crippen LogP contribution in [-0.2, 0) is 12.8 Å². The molecule has 0 saturated heterocycles. The Hall–Kier alpha value is -3.75. The number of carbonyl (C=O) groups is 1. The highest BCUT2D eigenvalue weighted by atomic mass is 35.5. The standard InChI is InChI=1S/C17H18ClNO2.C10H15NO2.C7H5ClO/c1-20-15-9-11-7-8-19-17(13(11)10-16(15)21-2)12-5-3-4-6-14(12)18;1-12-9-4-3-8(5-6-11)7-10(9)13-2;8-7-4-2-1-3-6(7)5-9/h3-6,9-10,17,19H,7-8H2,1-2H3;3-4,7H,5-6,11H2,1-2H3;1-5H. The van der Waals surface area contributed by atoms with Gasteiger partial charge in [-0.15, -0.1) is 0 Å². The van der Waals surface area contributed by atoms with Gasteiger partial charge in [-0.05, 0) is 78.0 Å². The third-order valence-corrected chi connectivity index (χ3v) is 7.52. The molecule has 0 aromatic heterocycles. The molecule has 4 aromatic carbocycles. The number of ether oxygens (including phenoxy) is 4. The summed E-state index contributed by atoms with van der Waals surface area (Å²) >= 11 is 12.0. The molecule has 0 radical (unpaired) electrons. The molecular weight excluding hydrogens is 587 g/mol. The Morgan fingerprint density at radius 1 is 0.767 bits per heavy atom. The van der Waals surface area contributed by atoms with Crippen LogP contribution in [0.5, 0.6) is 23.0 Å². The minimum absolute atomic E-state index is 0.0854. The third kappa shape index (κ3) is 9.12. The van der Waals surface area contributed by atoms with Crippen molar-refractivity contribution in [2.75, 3.05) is 41.5 Å². The molecule has 4 aromatic rings. The van der Waals surface area contributed by atoms with Crippen LogP contribution in [0.2, 0.25) is 10.0 Å². The van der Waals surface area contributed by atoms with Gasteiger partial charge in [-0.25, -0.2) is 0 Å². The largest absolute Gasteiger partial charge is 0.493 e. The molecule has 1 unspecified atom stereocenters. The van der Waals surface area contributed by atoms with E-state index >= 15 is 0 Å². The molecule has 228 valence electrons. The zero-order chi connectivity index (χ0) is 31.2. The van der Waals surface area contributed by atoms with Gasteiger partial charge in [0.25, 0.3) is 0 Å². The van der Waals surface area contributed by atoms with Gasteiger partial charge in [-0.3, -0.25) is 4.79 Å². The summed E-state index contributed by atoms with van der Waals surface area (Å²) in [6.45, 7) is 1.56. The van der Waals surface area contributed by atoms with E-state index in [2.05, 4.69) is 17.4 Å². The molecule has 1 aliphatic rings. The number of carbonyl (C=O) groups excluding carboxylic acids is 1. The highest BCUT2D eigenvalue weighted by Crippen LogP contribution is 2.39. The number of aldehydes is 1. The van der Waals surface area contributed by atoms with Crippen LogP contribution in [0.25, 0.3) is 0 Å². The number of hydrogen-bond donors (Lipinski definition) is 2. The van der Waals surface area contributed by atoms with E-state index in [1.54, 1.807) is 52.7 Å². The minimum Gasteiger partial charge on any atom is -0.493 e. The Balaban J connectivity index is 0.000000196. The second-order valence-corrected chi connectivity index (χ2v) is 10.2. The predicted molar refractivity (Wildman–Crippen MR) is 174 cm³/mol. The maximum Gasteiger partial charge on any atom is 0.161 e. The summed E-state index contributed by atoms with van der Waals surface area (Å²) < 4.78 is 21.1. The van der Waals surface area contributed by atoms with Crippen LogP contribution in [0, 0.1) is 0 Å². The maximum absolute atomic E-state index is 10.1. The average Bonchev–Trinajstić information content (AvgIpc) is 3.05. The molecule has 43 heavy (non-hydrogen) atoms. The summed E-state index contributed by atoms with van der Waals surface area (Å²) in [6.07, 6.45) is 2.57. The molecule has 7 nitrogen and oxygen atoms in total. The van der Waals surface area contributed by atoms with Crippen molar-refractivity contribution in [2.45, 2.75) is 18.9 Å². The average molecular weight is 626 g/mol. The highest BCUT2D eigenvalue weighted by Gasteiger charge is 2.25. The molecule has 0 fully saturated rings. The molecule has 0 bridgehead atoms. The van der Waals surface area contributed by atoms with Gasteiger partial charge < -0.3 is 30.0 Å². The van der Waals surface area contributed by atoms with Crippen LogP contribution in [-0.4, -0.2) is 47.8 Å². The van der Waals surface area contributed by atoms with E-state index in [9.17, 15) is 4.79 Å². The molecule has 1 aliphatic heterocycles. The number of nitrogens with one attached hydrogen (secondary N) is 1. The van der Waals surface area contributed by atoms with Gasteiger partial charge in [-0.2, -0.15) is 0 Å². The van der Waals surface area contributed by atoms with Crippen LogP contribution < -0.4 is 30.0 Å². The first-order valence-electron chi connectivity index (χ1n) is 13.7. The number of halogens is 2. The van der Waals surface area contributed by atoms with Crippen molar-refractivity contribution < 1.29 is 23.7 Å². The first kappa shape index (κ1) is 33.7. The SMILES string of the molecule is COc1cc2c(cc1OC)C(c1ccccc1Cl)NCC2.COc1ccc(CCN)cc1OC.O=Cc1ccccc1Cl. The van der Waals surface area contributed by atoms with Gasteiger partial charge >= 0.3 is 0 Å². The van der Waals surface area contributed by atoms with E-state index in [1.165, 1.54) is 16.7 Å². The lowest BCUT2D eigenvalue weighted by atomic mass is 9.89. The summed E-state index contributed by atoms with van der Waals surface area (Å²) in [6, 6.07) is 24.9. The van der Waals surface area contributed by atoms with Crippen molar-refractivity contribution >= 4 is 29.5 Å². The molecule has 1 heterocycles. The lowest BCUT2D eigenvalue weighted by molar-refractivity contribution is 0.112. The smallest absolute Gasteiger partial charge is 0.161 e. The van der Waals surface area contributed by atoms with E-state index in [1.807, 2.05) is 42.5 Å². The number of nitrogens with two attached hydrogens (primary N) is 1. The van der Waals surface area contributed by atoms with Gasteiger partial charge in [0, 0.05) is 17.1 Å². The fourth-order valence-electron chi connectivity index (χ4n) is 4.64. The Bertz CT molecular complexity index is 1480. The Morgan fingerprint density at radius 2 is 1.37 bits per heavy atom. The van der Waals surface area contributed by atoms with Gasteiger partial charge in [0.05, 0.1) is 39.5 Å². The van der Waals surface area contributed by atoms with Crippen molar-refractivity contribution in [3.63, 3.8) is 0 Å². The molecular formula is C34H38Cl2N2O5. The minimum atomic E-state index is 0.0854. The molecule has 0 amide bonds. The van der Waals surface area contributed by atoms with Crippen LogP contribution in [0.4, 0.5) is 0 Å². The monoisotopic (exact) mass is 624 g/mol. The van der Waals surface area contributed by atoms with Crippen molar-refractivity contribution in [1.82, 2.24) is 5.32 Å². The molecule has 0 aliphatic carbocycles. The number of rotatable bonds is 8. The summed E-state index contributed by atoms with van der Waals surface area (Å²) in [5, 5.41) is 4.82. The van der Waals surface area contributed by atoms with Crippen LogP contribution in [0.3, 0.4) is 0 Å². The summed E-state index contributed by atoms with van der Waals surface area (Å²) in [7, 11) is 6.58. The first-order valence-corrected chi connectivity index (χ1v) is 14.5. The van der Waals surface area contributed by atoms with Gasteiger partial charge in [0.2, 0.25) is 0 Å². The maximum atomic E-state index is 10.1. The quantitative estimate of drug-likeness (QED) is 0.205. The van der Waals surface area contributed by atoms with Crippen molar-refractivity contribution in [2.24, 2.45) is 5.73 Å². The molecule has 0 spiro atoms. The number of hydrogen-bond acceptors (Lipinski definition) is 7. The topological polar surface area (TPSA) is 92.0 Å². The van der Waals surface area contributed by atoms with E-state index in [4.69, 9.17) is 47.9 Å². The number of methoxy groups -OCH3 is 4. The Labute approximate surface area is 263 Å². The predicted octanol–water partition coefficient (Wildman–Crippen LogP) is 6.95. The van der Waals surface area contributed by atoms with E-state index < -0.39 is 0 Å². The molecule has 9 heteroatoms. The second-order valence-electron chi connectivity index (χ2n) is 9.43. The Kier molecular flexibility index (Phi) is 13.6. The number of fused-ring (bicyclic) bond motifs is 1. The van der Waals surface area contributed by atoms with E-state index in [0.29, 0.717) is 17.1 Å². The third-order valence-electron chi connectivity index (χ3n) is 6.83. The van der Waals surface area contributed by atoms with Gasteiger partial charge in [-0.1, -0.05) is 65.7 Å². The molecule has 3 N–H and O–H groups in total. The first-order chi connectivity index (χ1) is 20.9. The van der Waals surface area contributed by atoms with Crippen LogP contribution >= 0.6 is 23.2 Å². The van der Waals surface area contributed by atoms with Crippen LogP contribution in [0.15, 0.2) is 78.9 Å². The van der Waals surface area contributed by atoms with E-state index in [-0.39, 0.29) is 6.04 Å². The summed E-state index contributed by atoms with van der Waals surface area (Å²) in [5.41, 5.74) is 10.7. The lowest BCUT2D eigenvalue weighted by Gasteiger charge is -2.29. The fraction of sp³-hybridized carbons (Fsp3) is 0.265. The highest BCUT2D eigenvalue weighted by molar-refractivity contribution is 6.33. The van der Waals surface area contributed by atoms with E-state index in [0.717, 1.165) is 59.3 Å². The van der Waals surface area contributed by atoms with Gasteiger partial charge in [0.15, 0.2) is 29.3 Å². The summed E-state index contributed by atoms with van der Waals surface area (Å²) in [5.74, 6) is 3.03. The van der Waals surface area contributed by atoms with Crippen molar-refractivity contribution in [3.05, 3.63) is 117 Å². The zero-order valence-electron chi connectivity index (χ0n) is 24.9. The second kappa shape index (κ2) is 17.4. The summed E-state index contributed by atoms with van der Waals surface area (Å²) in [4.78, 5) is 10.1. The molecule has 1 atom stereocenters. The number of benzene rings is 4. The van der Waals surface area contributed by atoms with Gasteiger partial charge in [0.1, 0.15) is 0 Å². The fourth-order valence-corrected chi connectivity index (χ4v) is 5.07. The Morgan fingerprint density at radius 3 is 1.95 bits per heavy atom. The lowest BCUT2D eigenvalue weighted by Crippen LogP contribution is -2.30. The molecule has 5 rings (SSSR count). The molecule has 0 saturated carbocycles. The zero-order valence-corrected chi connectivity index (χ0v) is 26.4. The van der Waals surface area contributed by atoms with Crippen molar-refractivity contribution in [1.29, 1.82) is 0 Å².